The first-order chi connectivity index (χ1) is 18.6. The van der Waals surface area contributed by atoms with E-state index in [1.807, 2.05) is 25.7 Å². The van der Waals surface area contributed by atoms with Crippen LogP contribution in [0.2, 0.25) is 0 Å². The number of rotatable bonds is 9. The normalized spacial score (nSPS) is 15.9. The van der Waals surface area contributed by atoms with Crippen LogP contribution in [0.1, 0.15) is 70.3 Å². The second-order valence-electron chi connectivity index (χ2n) is 11.7. The largest absolute Gasteiger partial charge is 0.478 e. The Labute approximate surface area is 233 Å². The molecule has 13 nitrogen and oxygen atoms in total. The molecule has 1 aromatic carbocycles. The number of nitrogens with two attached hydrogens (primary N) is 1. The molecule has 1 fully saturated rings. The minimum atomic E-state index is -1.22. The maximum Gasteiger partial charge on any atom is 0.410 e. The molecule has 0 radical (unpaired) electrons. The van der Waals surface area contributed by atoms with Crippen molar-refractivity contribution in [2.75, 3.05) is 37.9 Å². The van der Waals surface area contributed by atoms with Crippen molar-refractivity contribution in [3.8, 4) is 11.5 Å². The number of benzene rings is 1. The van der Waals surface area contributed by atoms with Gasteiger partial charge in [0.1, 0.15) is 16.8 Å². The van der Waals surface area contributed by atoms with Crippen LogP contribution in [-0.4, -0.2) is 84.2 Å². The standard InChI is InChI=1S/C27H40N4O9/c1-26(2,3)39-19(32)8-7-17(23(28)33)29-14-16-13-18(21-22(38-15-37-21)20(16)24(34)35)30-9-11-31(12-10-30)25(36)40-27(4,5)6/h13,17,29H,7-12,14-15H2,1-6H3,(H2,28,33)(H,34,35). The van der Waals surface area contributed by atoms with E-state index in [9.17, 15) is 24.3 Å². The predicted molar refractivity (Wildman–Crippen MR) is 144 cm³/mol. The molecule has 2 aliphatic heterocycles. The summed E-state index contributed by atoms with van der Waals surface area (Å²) in [5.74, 6) is -1.96. The number of nitrogens with one attached hydrogen (secondary N) is 1. The first-order valence-electron chi connectivity index (χ1n) is 13.2. The molecule has 4 N–H and O–H groups in total. The SMILES string of the molecule is CC(C)(C)OC(=O)CCC(NCc1cc(N2CCN(C(=O)OC(C)(C)C)CC2)c2c(c1C(=O)O)OCO2)C(N)=O. The summed E-state index contributed by atoms with van der Waals surface area (Å²) in [7, 11) is 0. The average molecular weight is 565 g/mol. The van der Waals surface area contributed by atoms with Gasteiger partial charge in [0.2, 0.25) is 12.7 Å². The Morgan fingerprint density at radius 1 is 1.00 bits per heavy atom. The Morgan fingerprint density at radius 2 is 1.60 bits per heavy atom. The van der Waals surface area contributed by atoms with Crippen molar-refractivity contribution < 1.29 is 43.2 Å². The number of aromatic carboxylic acids is 1. The predicted octanol–water partition coefficient (Wildman–Crippen LogP) is 2.24. The molecule has 0 aliphatic carbocycles. The van der Waals surface area contributed by atoms with Crippen LogP contribution in [0.5, 0.6) is 11.5 Å². The molecule has 2 heterocycles. The molecule has 1 unspecified atom stereocenters. The van der Waals surface area contributed by atoms with E-state index in [-0.39, 0.29) is 37.5 Å². The summed E-state index contributed by atoms with van der Waals surface area (Å²) in [4.78, 5) is 52.6. The fraction of sp³-hybridized carbons (Fsp3) is 0.630. The Hall–Kier alpha value is -3.74. The number of nitrogens with zero attached hydrogens (tertiary/aromatic N) is 2. The maximum atomic E-state index is 12.5. The number of primary amides is 1. The third-order valence-electron chi connectivity index (χ3n) is 6.13. The van der Waals surface area contributed by atoms with Gasteiger partial charge in [0, 0.05) is 39.1 Å². The molecule has 0 spiro atoms. The van der Waals surface area contributed by atoms with E-state index in [4.69, 9.17) is 24.7 Å². The smallest absolute Gasteiger partial charge is 0.410 e. The molecular formula is C27H40N4O9. The van der Waals surface area contributed by atoms with Crippen LogP contribution in [0.25, 0.3) is 0 Å². The number of amides is 2. The van der Waals surface area contributed by atoms with Gasteiger partial charge in [-0.3, -0.25) is 9.59 Å². The number of carbonyl (C=O) groups is 4. The van der Waals surface area contributed by atoms with Gasteiger partial charge in [-0.15, -0.1) is 0 Å². The molecule has 13 heteroatoms. The van der Waals surface area contributed by atoms with Gasteiger partial charge in [0.05, 0.1) is 11.7 Å². The van der Waals surface area contributed by atoms with Gasteiger partial charge in [-0.2, -0.15) is 0 Å². The summed E-state index contributed by atoms with van der Waals surface area (Å²) in [5, 5.41) is 13.0. The highest BCUT2D eigenvalue weighted by molar-refractivity contribution is 5.96. The van der Waals surface area contributed by atoms with Gasteiger partial charge in [-0.1, -0.05) is 0 Å². The van der Waals surface area contributed by atoms with Gasteiger partial charge in [-0.05, 0) is 59.6 Å². The lowest BCUT2D eigenvalue weighted by molar-refractivity contribution is -0.155. The molecule has 1 aromatic rings. The summed E-state index contributed by atoms with van der Waals surface area (Å²) in [6.07, 6.45) is -0.360. The maximum absolute atomic E-state index is 12.5. The Kier molecular flexibility index (Phi) is 9.39. The van der Waals surface area contributed by atoms with Crippen LogP contribution in [0.4, 0.5) is 10.5 Å². The van der Waals surface area contributed by atoms with E-state index in [2.05, 4.69) is 5.32 Å². The van der Waals surface area contributed by atoms with Crippen molar-refractivity contribution in [2.24, 2.45) is 5.73 Å². The molecule has 3 rings (SSSR count). The van der Waals surface area contributed by atoms with Crippen molar-refractivity contribution in [3.63, 3.8) is 0 Å². The van der Waals surface area contributed by atoms with Crippen LogP contribution in [0.15, 0.2) is 6.07 Å². The summed E-state index contributed by atoms with van der Waals surface area (Å²) < 4.78 is 22.0. The van der Waals surface area contributed by atoms with E-state index in [1.165, 1.54) is 0 Å². The van der Waals surface area contributed by atoms with E-state index in [0.29, 0.717) is 43.2 Å². The van der Waals surface area contributed by atoms with Crippen LogP contribution >= 0.6 is 0 Å². The molecule has 0 aromatic heterocycles. The number of anilines is 1. The van der Waals surface area contributed by atoms with Gasteiger partial charge >= 0.3 is 18.0 Å². The third-order valence-corrected chi connectivity index (χ3v) is 6.13. The number of hydrogen-bond donors (Lipinski definition) is 3. The summed E-state index contributed by atoms with van der Waals surface area (Å²) >= 11 is 0. The monoisotopic (exact) mass is 564 g/mol. The summed E-state index contributed by atoms with van der Waals surface area (Å²) in [6.45, 7) is 12.2. The van der Waals surface area contributed by atoms with Crippen LogP contribution in [-0.2, 0) is 25.6 Å². The van der Waals surface area contributed by atoms with Gasteiger partial charge in [0.15, 0.2) is 11.5 Å². The van der Waals surface area contributed by atoms with Gasteiger partial charge < -0.3 is 44.9 Å². The first kappa shape index (κ1) is 30.8. The van der Waals surface area contributed by atoms with Crippen LogP contribution in [0.3, 0.4) is 0 Å². The molecule has 0 bridgehead atoms. The topological polar surface area (TPSA) is 170 Å². The highest BCUT2D eigenvalue weighted by Crippen LogP contribution is 2.46. The van der Waals surface area contributed by atoms with Gasteiger partial charge in [-0.25, -0.2) is 9.59 Å². The molecule has 1 atom stereocenters. The van der Waals surface area contributed by atoms with Crippen LogP contribution < -0.4 is 25.4 Å². The number of carboxylic acid groups (broad SMARTS) is 1. The number of hydrogen-bond acceptors (Lipinski definition) is 10. The van der Waals surface area contributed by atoms with Crippen molar-refractivity contribution >= 4 is 29.6 Å². The number of ether oxygens (including phenoxy) is 4. The molecular weight excluding hydrogens is 524 g/mol. The number of esters is 1. The molecule has 40 heavy (non-hydrogen) atoms. The van der Waals surface area contributed by atoms with Crippen molar-refractivity contribution in [3.05, 3.63) is 17.2 Å². The highest BCUT2D eigenvalue weighted by atomic mass is 16.7. The lowest BCUT2D eigenvalue weighted by Gasteiger charge is -2.37. The molecule has 1 saturated heterocycles. The quantitative estimate of drug-likeness (QED) is 0.376. The second kappa shape index (κ2) is 12.2. The molecule has 2 aliphatic rings. The molecule has 2 amide bonds. The minimum Gasteiger partial charge on any atom is -0.478 e. The Morgan fingerprint density at radius 3 is 2.15 bits per heavy atom. The Balaban J connectivity index is 1.78. The van der Waals surface area contributed by atoms with E-state index in [0.717, 1.165) is 0 Å². The second-order valence-corrected chi connectivity index (χ2v) is 11.7. The summed E-state index contributed by atoms with van der Waals surface area (Å²) in [6, 6.07) is 0.777. The Bertz CT molecular complexity index is 1130. The zero-order chi connectivity index (χ0) is 29.8. The highest BCUT2D eigenvalue weighted by Gasteiger charge is 2.33. The minimum absolute atomic E-state index is 0.0366. The van der Waals surface area contributed by atoms with Crippen molar-refractivity contribution in [2.45, 2.75) is 78.2 Å². The number of carboxylic acids is 1. The fourth-order valence-electron chi connectivity index (χ4n) is 4.40. The van der Waals surface area contributed by atoms with E-state index >= 15 is 0 Å². The van der Waals surface area contributed by atoms with E-state index < -0.39 is 41.2 Å². The van der Waals surface area contributed by atoms with Crippen molar-refractivity contribution in [1.29, 1.82) is 0 Å². The third kappa shape index (κ3) is 8.13. The zero-order valence-electron chi connectivity index (χ0n) is 24.0. The summed E-state index contributed by atoms with van der Waals surface area (Å²) in [5.41, 5.74) is 5.16. The fourth-order valence-corrected chi connectivity index (χ4v) is 4.40. The zero-order valence-corrected chi connectivity index (χ0v) is 24.0. The first-order valence-corrected chi connectivity index (χ1v) is 13.2. The molecule has 0 saturated carbocycles. The van der Waals surface area contributed by atoms with Gasteiger partial charge in [0.25, 0.3) is 0 Å². The number of carbonyl (C=O) groups excluding carboxylic acids is 3. The lowest BCUT2D eigenvalue weighted by atomic mass is 10.0. The van der Waals surface area contributed by atoms with Crippen molar-refractivity contribution in [1.82, 2.24) is 10.2 Å². The van der Waals surface area contributed by atoms with Crippen LogP contribution in [0, 0.1) is 0 Å². The number of piperazine rings is 1. The van der Waals surface area contributed by atoms with E-state index in [1.54, 1.807) is 31.7 Å². The average Bonchev–Trinajstić information content (AvgIpc) is 3.30. The molecule has 222 valence electrons. The lowest BCUT2D eigenvalue weighted by Crippen LogP contribution is -2.50. The number of fused-ring (bicyclic) bond motifs is 1.